The number of ketones is 1. The summed E-state index contributed by atoms with van der Waals surface area (Å²) in [6, 6.07) is 1.28. The minimum absolute atomic E-state index is 0.463. The number of carbonyl (C=O) groups is 1. The van der Waals surface area contributed by atoms with Crippen LogP contribution < -0.4 is 0 Å². The second-order valence-corrected chi connectivity index (χ2v) is 4.87. The third-order valence-corrected chi connectivity index (χ3v) is 3.78. The van der Waals surface area contributed by atoms with E-state index in [9.17, 15) is 4.79 Å². The summed E-state index contributed by atoms with van der Waals surface area (Å²) in [5, 5.41) is 0. The summed E-state index contributed by atoms with van der Waals surface area (Å²) in [5.74, 6) is 0.463. The van der Waals surface area contributed by atoms with E-state index in [1.54, 1.807) is 0 Å². The fraction of sp³-hybridized carbons (Fsp3) is 0.917. The molecule has 2 heteroatoms. The van der Waals surface area contributed by atoms with Crippen LogP contribution in [-0.4, -0.2) is 29.3 Å². The molecule has 0 radical (unpaired) electrons. The van der Waals surface area contributed by atoms with Gasteiger partial charge in [0.05, 0.1) is 0 Å². The first-order valence-electron chi connectivity index (χ1n) is 6.05. The molecular weight excluding hydrogens is 174 g/mol. The van der Waals surface area contributed by atoms with Crippen LogP contribution in [0.5, 0.6) is 0 Å². The molecule has 0 aromatic rings. The second-order valence-electron chi connectivity index (χ2n) is 4.87. The average molecular weight is 195 g/mol. The summed E-state index contributed by atoms with van der Waals surface area (Å²) in [6.45, 7) is 3.23. The van der Waals surface area contributed by atoms with E-state index in [1.165, 1.54) is 32.1 Å². The molecule has 0 amide bonds. The van der Waals surface area contributed by atoms with Gasteiger partial charge < -0.3 is 0 Å². The van der Waals surface area contributed by atoms with Crippen molar-refractivity contribution in [3.63, 3.8) is 0 Å². The van der Waals surface area contributed by atoms with Gasteiger partial charge in [-0.15, -0.1) is 0 Å². The zero-order valence-corrected chi connectivity index (χ0v) is 9.17. The zero-order chi connectivity index (χ0) is 9.97. The number of hydrogen-bond acceptors (Lipinski definition) is 2. The van der Waals surface area contributed by atoms with E-state index in [0.717, 1.165) is 25.4 Å². The van der Waals surface area contributed by atoms with Gasteiger partial charge in [0.25, 0.3) is 0 Å². The standard InChI is InChI=1S/C12H21NO/c1-10-9-12(14)7-8-13(10)11-5-3-2-4-6-11/h10-11H,2-9H2,1H3. The molecule has 2 rings (SSSR count). The summed E-state index contributed by atoms with van der Waals surface area (Å²) in [4.78, 5) is 13.9. The highest BCUT2D eigenvalue weighted by Crippen LogP contribution is 2.27. The smallest absolute Gasteiger partial charge is 0.135 e. The van der Waals surface area contributed by atoms with Crippen molar-refractivity contribution in [2.45, 2.75) is 64.0 Å². The molecule has 0 aromatic carbocycles. The molecule has 1 saturated heterocycles. The van der Waals surface area contributed by atoms with Gasteiger partial charge >= 0.3 is 0 Å². The van der Waals surface area contributed by atoms with E-state index in [4.69, 9.17) is 0 Å². The molecule has 1 heterocycles. The average Bonchev–Trinajstić information content (AvgIpc) is 2.19. The van der Waals surface area contributed by atoms with Gasteiger partial charge in [0, 0.05) is 31.5 Å². The van der Waals surface area contributed by atoms with Crippen molar-refractivity contribution in [2.24, 2.45) is 0 Å². The SMILES string of the molecule is CC1CC(=O)CCN1C1CCCCC1. The minimum atomic E-state index is 0.463. The van der Waals surface area contributed by atoms with E-state index < -0.39 is 0 Å². The van der Waals surface area contributed by atoms with Crippen molar-refractivity contribution in [1.82, 2.24) is 4.90 Å². The largest absolute Gasteiger partial charge is 0.300 e. The summed E-state index contributed by atoms with van der Waals surface area (Å²) in [6.07, 6.45) is 8.50. The molecule has 0 aromatic heterocycles. The molecule has 2 fully saturated rings. The van der Waals surface area contributed by atoms with Crippen LogP contribution in [0.15, 0.2) is 0 Å². The first kappa shape index (κ1) is 10.2. The molecule has 14 heavy (non-hydrogen) atoms. The molecule has 80 valence electrons. The Morgan fingerprint density at radius 3 is 2.57 bits per heavy atom. The van der Waals surface area contributed by atoms with Gasteiger partial charge in [-0.25, -0.2) is 0 Å². The van der Waals surface area contributed by atoms with Crippen molar-refractivity contribution in [3.8, 4) is 0 Å². The van der Waals surface area contributed by atoms with Crippen LogP contribution in [0.1, 0.15) is 51.9 Å². The normalized spacial score (nSPS) is 32.1. The highest BCUT2D eigenvalue weighted by atomic mass is 16.1. The number of Topliss-reactive ketones (excluding diaryl/α,β-unsaturated/α-hetero) is 1. The Morgan fingerprint density at radius 1 is 1.21 bits per heavy atom. The number of piperidine rings is 1. The summed E-state index contributed by atoms with van der Waals surface area (Å²) in [7, 11) is 0. The molecule has 1 atom stereocenters. The monoisotopic (exact) mass is 195 g/mol. The Morgan fingerprint density at radius 2 is 1.93 bits per heavy atom. The van der Waals surface area contributed by atoms with Crippen molar-refractivity contribution in [3.05, 3.63) is 0 Å². The lowest BCUT2D eigenvalue weighted by atomic mass is 9.90. The van der Waals surface area contributed by atoms with Crippen LogP contribution in [0.25, 0.3) is 0 Å². The minimum Gasteiger partial charge on any atom is -0.300 e. The van der Waals surface area contributed by atoms with Gasteiger partial charge in [-0.1, -0.05) is 19.3 Å². The Labute approximate surface area is 86.7 Å². The molecule has 0 bridgehead atoms. The molecule has 1 saturated carbocycles. The van der Waals surface area contributed by atoms with Crippen molar-refractivity contribution >= 4 is 5.78 Å². The maximum atomic E-state index is 11.3. The quantitative estimate of drug-likeness (QED) is 0.640. The van der Waals surface area contributed by atoms with Crippen LogP contribution in [0.3, 0.4) is 0 Å². The summed E-state index contributed by atoms with van der Waals surface area (Å²) < 4.78 is 0. The lowest BCUT2D eigenvalue weighted by Crippen LogP contribution is -2.47. The fourth-order valence-electron chi connectivity index (χ4n) is 2.98. The molecule has 1 aliphatic carbocycles. The van der Waals surface area contributed by atoms with E-state index in [0.29, 0.717) is 11.8 Å². The topological polar surface area (TPSA) is 20.3 Å². The lowest BCUT2D eigenvalue weighted by Gasteiger charge is -2.40. The van der Waals surface area contributed by atoms with Gasteiger partial charge in [-0.3, -0.25) is 9.69 Å². The number of nitrogens with zero attached hydrogens (tertiary/aromatic N) is 1. The van der Waals surface area contributed by atoms with Gasteiger partial charge in [0.2, 0.25) is 0 Å². The Hall–Kier alpha value is -0.370. The van der Waals surface area contributed by atoms with E-state index in [-0.39, 0.29) is 0 Å². The number of hydrogen-bond donors (Lipinski definition) is 0. The highest BCUT2D eigenvalue weighted by Gasteiger charge is 2.29. The molecule has 2 aliphatic rings. The Balaban J connectivity index is 1.92. The van der Waals surface area contributed by atoms with Crippen molar-refractivity contribution in [1.29, 1.82) is 0 Å². The fourth-order valence-corrected chi connectivity index (χ4v) is 2.98. The lowest BCUT2D eigenvalue weighted by molar-refractivity contribution is -0.123. The maximum Gasteiger partial charge on any atom is 0.135 e. The predicted molar refractivity (Wildman–Crippen MR) is 57.3 cm³/mol. The maximum absolute atomic E-state index is 11.3. The molecule has 1 aliphatic heterocycles. The van der Waals surface area contributed by atoms with Crippen molar-refractivity contribution < 1.29 is 4.79 Å². The van der Waals surface area contributed by atoms with E-state index in [2.05, 4.69) is 11.8 Å². The second kappa shape index (κ2) is 4.43. The first-order chi connectivity index (χ1) is 6.77. The predicted octanol–water partition coefficient (Wildman–Crippen LogP) is 2.37. The molecule has 0 spiro atoms. The van der Waals surface area contributed by atoms with Gasteiger partial charge in [0.1, 0.15) is 5.78 Å². The van der Waals surface area contributed by atoms with Crippen LogP contribution >= 0.6 is 0 Å². The van der Waals surface area contributed by atoms with Gasteiger partial charge in [-0.05, 0) is 19.8 Å². The van der Waals surface area contributed by atoms with Gasteiger partial charge in [0.15, 0.2) is 0 Å². The van der Waals surface area contributed by atoms with Crippen LogP contribution in [0.2, 0.25) is 0 Å². The van der Waals surface area contributed by atoms with E-state index in [1.807, 2.05) is 0 Å². The molecular formula is C12H21NO. The summed E-state index contributed by atoms with van der Waals surface area (Å²) >= 11 is 0. The molecule has 0 N–H and O–H groups in total. The zero-order valence-electron chi connectivity index (χ0n) is 9.17. The Kier molecular flexibility index (Phi) is 3.22. The number of likely N-dealkylation sites (tertiary alicyclic amines) is 1. The Bertz CT molecular complexity index is 208. The van der Waals surface area contributed by atoms with E-state index >= 15 is 0 Å². The summed E-state index contributed by atoms with van der Waals surface area (Å²) in [5.41, 5.74) is 0. The molecule has 2 nitrogen and oxygen atoms in total. The van der Waals surface area contributed by atoms with Crippen molar-refractivity contribution in [2.75, 3.05) is 6.54 Å². The third kappa shape index (κ3) is 2.17. The number of carbonyl (C=O) groups excluding carboxylic acids is 1. The van der Waals surface area contributed by atoms with Crippen LogP contribution in [0.4, 0.5) is 0 Å². The van der Waals surface area contributed by atoms with Crippen LogP contribution in [0, 0.1) is 0 Å². The first-order valence-corrected chi connectivity index (χ1v) is 6.05. The highest BCUT2D eigenvalue weighted by molar-refractivity contribution is 5.79. The molecule has 1 unspecified atom stereocenters. The third-order valence-electron chi connectivity index (χ3n) is 3.78. The number of rotatable bonds is 1. The van der Waals surface area contributed by atoms with Crippen LogP contribution in [-0.2, 0) is 4.79 Å². The van der Waals surface area contributed by atoms with Gasteiger partial charge in [-0.2, -0.15) is 0 Å².